The van der Waals surface area contributed by atoms with Crippen LogP contribution in [0.1, 0.15) is 18.4 Å². The van der Waals surface area contributed by atoms with Crippen molar-refractivity contribution in [1.82, 2.24) is 10.2 Å². The Kier molecular flexibility index (Phi) is 2.84. The smallest absolute Gasteiger partial charge is 0.0910 e. The molecule has 102 valence electrons. The summed E-state index contributed by atoms with van der Waals surface area (Å²) in [6, 6.07) is 3.97. The van der Waals surface area contributed by atoms with Crippen LogP contribution in [0.5, 0.6) is 0 Å². The van der Waals surface area contributed by atoms with Crippen molar-refractivity contribution in [3.63, 3.8) is 0 Å². The number of hydrogen-bond donors (Lipinski definition) is 3. The van der Waals surface area contributed by atoms with Crippen molar-refractivity contribution in [2.75, 3.05) is 0 Å². The lowest BCUT2D eigenvalue weighted by Crippen LogP contribution is -2.27. The zero-order valence-corrected chi connectivity index (χ0v) is 11.7. The van der Waals surface area contributed by atoms with Gasteiger partial charge in [0.2, 0.25) is 0 Å². The topological polar surface area (TPSA) is 74.9 Å². The highest BCUT2D eigenvalue weighted by atomic mass is 35.5. The van der Waals surface area contributed by atoms with Crippen LogP contribution in [-0.2, 0) is 5.60 Å². The van der Waals surface area contributed by atoms with E-state index in [9.17, 15) is 5.11 Å². The molecule has 2 saturated carbocycles. The monoisotopic (exact) mass is 299 g/mol. The largest absolute Gasteiger partial charge is 0.385 e. The first-order valence-corrected chi connectivity index (χ1v) is 6.57. The Morgan fingerprint density at radius 3 is 2.74 bits per heavy atom. The van der Waals surface area contributed by atoms with E-state index in [1.54, 1.807) is 6.20 Å². The van der Waals surface area contributed by atoms with Gasteiger partial charge >= 0.3 is 0 Å². The molecule has 0 spiro atoms. The minimum absolute atomic E-state index is 0. The fourth-order valence-electron chi connectivity index (χ4n) is 3.53. The summed E-state index contributed by atoms with van der Waals surface area (Å²) in [5, 5.41) is 19.4. The van der Waals surface area contributed by atoms with E-state index < -0.39 is 5.60 Å². The summed E-state index contributed by atoms with van der Waals surface area (Å²) in [5.74, 6) is 0.937. The molecule has 1 aromatic carbocycles. The molecule has 0 saturated heterocycles. The van der Waals surface area contributed by atoms with Gasteiger partial charge in [0.05, 0.1) is 17.3 Å². The van der Waals surface area contributed by atoms with E-state index in [-0.39, 0.29) is 18.4 Å². The number of nitrogens with one attached hydrogen (secondary N) is 1. The van der Waals surface area contributed by atoms with E-state index >= 15 is 0 Å². The van der Waals surface area contributed by atoms with Crippen molar-refractivity contribution in [3.05, 3.63) is 28.9 Å². The molecular weight excluding hydrogens is 285 g/mol. The second kappa shape index (κ2) is 4.09. The van der Waals surface area contributed by atoms with Gasteiger partial charge in [-0.15, -0.1) is 12.4 Å². The lowest BCUT2D eigenvalue weighted by molar-refractivity contribution is 0.0309. The number of nitrogens with two attached hydrogens (primary N) is 1. The summed E-state index contributed by atoms with van der Waals surface area (Å²) < 4.78 is 0. The van der Waals surface area contributed by atoms with E-state index in [1.165, 1.54) is 0 Å². The normalized spacial score (nSPS) is 36.1. The van der Waals surface area contributed by atoms with Gasteiger partial charge in [-0.1, -0.05) is 11.6 Å². The maximum Gasteiger partial charge on any atom is 0.0910 e. The molecule has 1 heterocycles. The molecule has 0 amide bonds. The van der Waals surface area contributed by atoms with E-state index in [2.05, 4.69) is 10.2 Å². The van der Waals surface area contributed by atoms with Crippen LogP contribution in [0, 0.1) is 11.8 Å². The molecule has 0 aliphatic heterocycles. The molecule has 2 aliphatic rings. The fourth-order valence-corrected chi connectivity index (χ4v) is 3.75. The van der Waals surface area contributed by atoms with E-state index in [0.717, 1.165) is 29.3 Å². The number of benzene rings is 1. The quantitative estimate of drug-likeness (QED) is 0.755. The van der Waals surface area contributed by atoms with Crippen LogP contribution in [0.4, 0.5) is 0 Å². The third-order valence-electron chi connectivity index (χ3n) is 4.57. The van der Waals surface area contributed by atoms with Crippen LogP contribution in [0.15, 0.2) is 18.3 Å². The van der Waals surface area contributed by atoms with Crippen LogP contribution >= 0.6 is 24.0 Å². The molecule has 6 heteroatoms. The second-order valence-electron chi connectivity index (χ2n) is 5.63. The Hall–Kier alpha value is -0.810. The number of aromatic nitrogens is 2. The first-order chi connectivity index (χ1) is 8.58. The Labute approximate surface area is 121 Å². The van der Waals surface area contributed by atoms with Gasteiger partial charge in [0.15, 0.2) is 0 Å². The molecule has 0 bridgehead atoms. The van der Waals surface area contributed by atoms with Crippen molar-refractivity contribution in [1.29, 1.82) is 0 Å². The molecular formula is C13H15Cl2N3O. The summed E-state index contributed by atoms with van der Waals surface area (Å²) in [6.45, 7) is 0. The van der Waals surface area contributed by atoms with E-state index in [0.29, 0.717) is 16.9 Å². The average molecular weight is 300 g/mol. The molecule has 4 rings (SSSR count). The minimum atomic E-state index is -0.793. The van der Waals surface area contributed by atoms with Gasteiger partial charge in [-0.3, -0.25) is 5.10 Å². The van der Waals surface area contributed by atoms with Crippen LogP contribution < -0.4 is 5.73 Å². The van der Waals surface area contributed by atoms with Crippen molar-refractivity contribution in [2.24, 2.45) is 17.6 Å². The molecule has 4 nitrogen and oxygen atoms in total. The molecule has 1 aromatic heterocycles. The molecule has 2 aromatic rings. The Morgan fingerprint density at radius 2 is 2.05 bits per heavy atom. The van der Waals surface area contributed by atoms with Crippen LogP contribution in [0.25, 0.3) is 10.9 Å². The molecule has 2 atom stereocenters. The van der Waals surface area contributed by atoms with Crippen LogP contribution in [0.2, 0.25) is 5.02 Å². The first-order valence-electron chi connectivity index (χ1n) is 6.19. The maximum absolute atomic E-state index is 10.9. The van der Waals surface area contributed by atoms with Gasteiger partial charge in [-0.05, 0) is 42.4 Å². The summed E-state index contributed by atoms with van der Waals surface area (Å²) in [4.78, 5) is 0. The van der Waals surface area contributed by atoms with Crippen molar-refractivity contribution in [2.45, 2.75) is 24.5 Å². The van der Waals surface area contributed by atoms with Gasteiger partial charge in [0.25, 0.3) is 0 Å². The predicted octanol–water partition coefficient (Wildman–Crippen LogP) is 2.19. The third-order valence-corrected chi connectivity index (χ3v) is 4.79. The standard InChI is InChI=1S/C13H14ClN3O.ClH/c14-6-1-10(9-5-16-17-11(9)2-6)13(18)3-7-8(4-13)12(7)15;/h1-2,5,7-8,12,18H,3-4,15H2,(H,16,17);1H. The lowest BCUT2D eigenvalue weighted by atomic mass is 9.86. The number of halogens is 2. The number of nitrogens with zero attached hydrogens (tertiary/aromatic N) is 1. The molecule has 2 unspecified atom stereocenters. The zero-order valence-electron chi connectivity index (χ0n) is 10.1. The number of rotatable bonds is 1. The fraction of sp³-hybridized carbons (Fsp3) is 0.462. The molecule has 19 heavy (non-hydrogen) atoms. The SMILES string of the molecule is Cl.NC1C2CC(O)(c3cc(Cl)cc4[nH]ncc34)CC12. The van der Waals surface area contributed by atoms with Gasteiger partial charge in [0, 0.05) is 16.5 Å². The Balaban J connectivity index is 0.00000110. The Morgan fingerprint density at radius 1 is 1.37 bits per heavy atom. The van der Waals surface area contributed by atoms with E-state index in [1.807, 2.05) is 12.1 Å². The van der Waals surface area contributed by atoms with Crippen LogP contribution in [-0.4, -0.2) is 21.3 Å². The third kappa shape index (κ3) is 1.78. The number of aliphatic hydroxyl groups is 1. The molecule has 2 aliphatic carbocycles. The number of fused-ring (bicyclic) bond motifs is 2. The highest BCUT2D eigenvalue weighted by Crippen LogP contribution is 2.59. The number of hydrogen-bond acceptors (Lipinski definition) is 3. The molecule has 2 fully saturated rings. The van der Waals surface area contributed by atoms with Gasteiger partial charge in [-0.25, -0.2) is 0 Å². The van der Waals surface area contributed by atoms with Gasteiger partial charge < -0.3 is 10.8 Å². The Bertz CT molecular complexity index is 630. The van der Waals surface area contributed by atoms with Crippen molar-refractivity contribution in [3.8, 4) is 0 Å². The average Bonchev–Trinajstić information content (AvgIpc) is 2.77. The first kappa shape index (κ1) is 13.2. The minimum Gasteiger partial charge on any atom is -0.385 e. The summed E-state index contributed by atoms with van der Waals surface area (Å²) in [7, 11) is 0. The lowest BCUT2D eigenvalue weighted by Gasteiger charge is -2.26. The van der Waals surface area contributed by atoms with Gasteiger partial charge in [-0.2, -0.15) is 5.10 Å². The van der Waals surface area contributed by atoms with Crippen molar-refractivity contribution < 1.29 is 5.11 Å². The summed E-state index contributed by atoms with van der Waals surface area (Å²) in [5.41, 5.74) is 6.90. The van der Waals surface area contributed by atoms with Crippen molar-refractivity contribution >= 4 is 34.9 Å². The predicted molar refractivity (Wildman–Crippen MR) is 76.4 cm³/mol. The number of aromatic amines is 1. The maximum atomic E-state index is 10.9. The van der Waals surface area contributed by atoms with Crippen LogP contribution in [0.3, 0.4) is 0 Å². The molecule has 4 N–H and O–H groups in total. The van der Waals surface area contributed by atoms with E-state index in [4.69, 9.17) is 17.3 Å². The highest BCUT2D eigenvalue weighted by molar-refractivity contribution is 6.31. The van der Waals surface area contributed by atoms with Gasteiger partial charge in [0.1, 0.15) is 0 Å². The number of H-pyrrole nitrogens is 1. The molecule has 0 radical (unpaired) electrons. The highest BCUT2D eigenvalue weighted by Gasteiger charge is 2.60. The summed E-state index contributed by atoms with van der Waals surface area (Å²) in [6.07, 6.45) is 3.22. The summed E-state index contributed by atoms with van der Waals surface area (Å²) >= 11 is 6.11. The second-order valence-corrected chi connectivity index (χ2v) is 6.07. The zero-order chi connectivity index (χ0) is 12.5.